The smallest absolute Gasteiger partial charge is 0.249 e. The molecule has 7 nitrogen and oxygen atoms in total. The molecule has 28 heavy (non-hydrogen) atoms. The molecular weight excluding hydrogens is 380 g/mol. The highest BCUT2D eigenvalue weighted by atomic mass is 35.5. The SMILES string of the molecule is CCCN(CC(=O)N1CC(C)OC(C)C1)Cc1nnc(-c2ccccc2Cl)o1. The van der Waals surface area contributed by atoms with Crippen molar-refractivity contribution >= 4 is 17.5 Å². The van der Waals surface area contributed by atoms with Crippen LogP contribution in [0.4, 0.5) is 0 Å². The molecule has 0 N–H and O–H groups in total. The van der Waals surface area contributed by atoms with Crippen LogP contribution < -0.4 is 0 Å². The first-order valence-electron chi connectivity index (χ1n) is 9.69. The molecule has 0 radical (unpaired) electrons. The maximum absolute atomic E-state index is 12.8. The van der Waals surface area contributed by atoms with Gasteiger partial charge in [-0.2, -0.15) is 0 Å². The predicted octanol–water partition coefficient (Wildman–Crippen LogP) is 3.24. The van der Waals surface area contributed by atoms with E-state index in [1.807, 2.05) is 41.8 Å². The topological polar surface area (TPSA) is 71.7 Å². The monoisotopic (exact) mass is 406 g/mol. The molecule has 2 unspecified atom stereocenters. The van der Waals surface area contributed by atoms with E-state index in [1.165, 1.54) is 0 Å². The van der Waals surface area contributed by atoms with Gasteiger partial charge in [0.05, 0.1) is 35.9 Å². The average Bonchev–Trinajstić information content (AvgIpc) is 3.09. The fraction of sp³-hybridized carbons (Fsp3) is 0.550. The largest absolute Gasteiger partial charge is 0.419 e. The lowest BCUT2D eigenvalue weighted by Gasteiger charge is -2.36. The Bertz CT molecular complexity index is 787. The van der Waals surface area contributed by atoms with E-state index in [0.29, 0.717) is 48.5 Å². The van der Waals surface area contributed by atoms with Gasteiger partial charge in [0, 0.05) is 13.1 Å². The van der Waals surface area contributed by atoms with Crippen molar-refractivity contribution in [2.24, 2.45) is 0 Å². The molecule has 1 fully saturated rings. The predicted molar refractivity (Wildman–Crippen MR) is 107 cm³/mol. The molecule has 1 amide bonds. The first-order chi connectivity index (χ1) is 13.5. The maximum atomic E-state index is 12.8. The van der Waals surface area contributed by atoms with Crippen molar-refractivity contribution < 1.29 is 13.9 Å². The zero-order chi connectivity index (χ0) is 20.1. The highest BCUT2D eigenvalue weighted by molar-refractivity contribution is 6.33. The van der Waals surface area contributed by atoms with Crippen LogP contribution in [0, 0.1) is 0 Å². The molecule has 2 atom stereocenters. The number of halogens is 1. The van der Waals surface area contributed by atoms with Gasteiger partial charge in [-0.15, -0.1) is 10.2 Å². The molecule has 152 valence electrons. The number of carbonyl (C=O) groups excluding carboxylic acids is 1. The minimum absolute atomic E-state index is 0.0569. The molecule has 1 saturated heterocycles. The van der Waals surface area contributed by atoms with E-state index in [9.17, 15) is 4.79 Å². The second-order valence-electron chi connectivity index (χ2n) is 7.25. The van der Waals surface area contributed by atoms with Crippen LogP contribution in [0.25, 0.3) is 11.5 Å². The second kappa shape index (κ2) is 9.49. The van der Waals surface area contributed by atoms with Crippen molar-refractivity contribution in [2.45, 2.75) is 45.9 Å². The number of hydrogen-bond acceptors (Lipinski definition) is 6. The molecular formula is C20H27ClN4O3. The number of aromatic nitrogens is 2. The molecule has 3 rings (SSSR count). The summed E-state index contributed by atoms with van der Waals surface area (Å²) >= 11 is 6.20. The lowest BCUT2D eigenvalue weighted by atomic mass is 10.2. The van der Waals surface area contributed by atoms with E-state index in [4.69, 9.17) is 20.8 Å². The van der Waals surface area contributed by atoms with E-state index in [2.05, 4.69) is 17.1 Å². The zero-order valence-electron chi connectivity index (χ0n) is 16.6. The van der Waals surface area contributed by atoms with Crippen molar-refractivity contribution in [1.82, 2.24) is 20.0 Å². The number of nitrogens with zero attached hydrogens (tertiary/aromatic N) is 4. The van der Waals surface area contributed by atoms with Gasteiger partial charge < -0.3 is 14.1 Å². The molecule has 1 aliphatic rings. The van der Waals surface area contributed by atoms with Gasteiger partial charge in [-0.1, -0.05) is 30.7 Å². The normalized spacial score (nSPS) is 20.0. The summed E-state index contributed by atoms with van der Waals surface area (Å²) in [4.78, 5) is 16.7. The van der Waals surface area contributed by atoms with Gasteiger partial charge in [0.25, 0.3) is 0 Å². The summed E-state index contributed by atoms with van der Waals surface area (Å²) in [7, 11) is 0. The third kappa shape index (κ3) is 5.31. The Morgan fingerprint density at radius 3 is 2.64 bits per heavy atom. The Balaban J connectivity index is 1.65. The van der Waals surface area contributed by atoms with Crippen LogP contribution in [0.15, 0.2) is 28.7 Å². The quantitative estimate of drug-likeness (QED) is 0.702. The van der Waals surface area contributed by atoms with E-state index in [-0.39, 0.29) is 18.1 Å². The summed E-state index contributed by atoms with van der Waals surface area (Å²) in [5, 5.41) is 8.81. The van der Waals surface area contributed by atoms with Crippen molar-refractivity contribution in [2.75, 3.05) is 26.2 Å². The number of hydrogen-bond donors (Lipinski definition) is 0. The highest BCUT2D eigenvalue weighted by Gasteiger charge is 2.27. The Kier molecular flexibility index (Phi) is 7.04. The molecule has 0 saturated carbocycles. The molecule has 1 aromatic carbocycles. The van der Waals surface area contributed by atoms with Crippen LogP contribution in [0.5, 0.6) is 0 Å². The van der Waals surface area contributed by atoms with Gasteiger partial charge in [0.1, 0.15) is 0 Å². The number of benzene rings is 1. The maximum Gasteiger partial charge on any atom is 0.249 e. The second-order valence-corrected chi connectivity index (χ2v) is 7.65. The molecule has 2 heterocycles. The minimum atomic E-state index is 0.0569. The zero-order valence-corrected chi connectivity index (χ0v) is 17.4. The highest BCUT2D eigenvalue weighted by Crippen LogP contribution is 2.26. The van der Waals surface area contributed by atoms with Crippen molar-refractivity contribution in [3.05, 3.63) is 35.2 Å². The van der Waals surface area contributed by atoms with Gasteiger partial charge in [0.15, 0.2) is 0 Å². The average molecular weight is 407 g/mol. The van der Waals surface area contributed by atoms with Crippen LogP contribution in [0.1, 0.15) is 33.1 Å². The van der Waals surface area contributed by atoms with Crippen LogP contribution in [-0.4, -0.2) is 64.3 Å². The summed E-state index contributed by atoms with van der Waals surface area (Å²) < 4.78 is 11.5. The lowest BCUT2D eigenvalue weighted by Crippen LogP contribution is -2.51. The van der Waals surface area contributed by atoms with Crippen LogP contribution in [0.3, 0.4) is 0 Å². The standard InChI is InChI=1S/C20H27ClN4O3/c1-4-9-24(13-19(26)25-10-14(2)27-15(3)11-25)12-18-22-23-20(28-18)16-7-5-6-8-17(16)21/h5-8,14-15H,4,9-13H2,1-3H3. The minimum Gasteiger partial charge on any atom is -0.419 e. The number of morpholine rings is 1. The Morgan fingerprint density at radius 1 is 1.25 bits per heavy atom. The van der Waals surface area contributed by atoms with E-state index in [0.717, 1.165) is 13.0 Å². The molecule has 0 bridgehead atoms. The van der Waals surface area contributed by atoms with Gasteiger partial charge >= 0.3 is 0 Å². The Hall–Kier alpha value is -1.96. The summed E-state index contributed by atoms with van der Waals surface area (Å²) in [6, 6.07) is 7.35. The Morgan fingerprint density at radius 2 is 1.96 bits per heavy atom. The van der Waals surface area contributed by atoms with Gasteiger partial charge in [0.2, 0.25) is 17.7 Å². The molecule has 2 aromatic rings. The summed E-state index contributed by atoms with van der Waals surface area (Å²) in [5.41, 5.74) is 0.706. The number of ether oxygens (including phenoxy) is 1. The van der Waals surface area contributed by atoms with E-state index < -0.39 is 0 Å². The fourth-order valence-electron chi connectivity index (χ4n) is 3.46. The molecule has 0 aliphatic carbocycles. The van der Waals surface area contributed by atoms with Gasteiger partial charge in [-0.25, -0.2) is 0 Å². The van der Waals surface area contributed by atoms with Crippen molar-refractivity contribution in [3.63, 3.8) is 0 Å². The summed E-state index contributed by atoms with van der Waals surface area (Å²) in [6.07, 6.45) is 1.04. The van der Waals surface area contributed by atoms with E-state index in [1.54, 1.807) is 6.07 Å². The number of amides is 1. The third-order valence-electron chi connectivity index (χ3n) is 4.60. The van der Waals surface area contributed by atoms with Gasteiger partial charge in [-0.05, 0) is 38.9 Å². The molecule has 0 spiro atoms. The summed E-state index contributed by atoms with van der Waals surface area (Å²) in [6.45, 7) is 8.83. The molecule has 8 heteroatoms. The molecule has 1 aliphatic heterocycles. The van der Waals surface area contributed by atoms with Gasteiger partial charge in [-0.3, -0.25) is 9.69 Å². The fourth-order valence-corrected chi connectivity index (χ4v) is 3.67. The third-order valence-corrected chi connectivity index (χ3v) is 4.93. The lowest BCUT2D eigenvalue weighted by molar-refractivity contribution is -0.144. The van der Waals surface area contributed by atoms with Crippen molar-refractivity contribution in [1.29, 1.82) is 0 Å². The summed E-state index contributed by atoms with van der Waals surface area (Å²) in [5.74, 6) is 0.959. The van der Waals surface area contributed by atoms with Crippen LogP contribution in [0.2, 0.25) is 5.02 Å². The van der Waals surface area contributed by atoms with Crippen LogP contribution in [-0.2, 0) is 16.1 Å². The number of carbonyl (C=O) groups is 1. The first-order valence-corrected chi connectivity index (χ1v) is 10.1. The number of rotatable bonds is 7. The molecule has 1 aromatic heterocycles. The Labute approximate surface area is 170 Å². The van der Waals surface area contributed by atoms with Crippen molar-refractivity contribution in [3.8, 4) is 11.5 Å². The van der Waals surface area contributed by atoms with E-state index >= 15 is 0 Å². The first kappa shape index (κ1) is 20.8. The van der Waals surface area contributed by atoms with Crippen LogP contribution >= 0.6 is 11.6 Å².